The van der Waals surface area contributed by atoms with Crippen molar-refractivity contribution in [2.24, 2.45) is 0 Å². The molecule has 0 atom stereocenters. The van der Waals surface area contributed by atoms with Gasteiger partial charge in [0.1, 0.15) is 22.6 Å². The van der Waals surface area contributed by atoms with Crippen molar-refractivity contribution in [3.63, 3.8) is 0 Å². The van der Waals surface area contributed by atoms with Gasteiger partial charge in [-0.15, -0.1) is 0 Å². The summed E-state index contributed by atoms with van der Waals surface area (Å²) < 4.78 is 0. The third kappa shape index (κ3) is 5.66. The second kappa shape index (κ2) is 11.6. The molecule has 0 fully saturated rings. The Bertz CT molecular complexity index is 2970. The van der Waals surface area contributed by atoms with Gasteiger partial charge in [-0.25, -0.2) is 34.7 Å². The summed E-state index contributed by atoms with van der Waals surface area (Å²) in [5.74, 6) is 0.829. The maximum Gasteiger partial charge on any atom is 0.335 e. The van der Waals surface area contributed by atoms with Crippen molar-refractivity contribution in [1.82, 2.24) is 39.9 Å². The quantitative estimate of drug-likeness (QED) is 0.151. The van der Waals surface area contributed by atoms with E-state index in [1.165, 1.54) is 5.56 Å². The SMILES string of the molecule is CC(C)(C)c1ccc2c(c1)-c1nc-2nc2[nH]c(nc3nc(nc4[nH]c(n1)c1ccc(C(C)(C)C)cc41)-c1ccc(C(=O)O)cc1-3)c1cccc(C(C)(C)C)c21. The number of aromatic amines is 2. The number of aromatic carboxylic acids is 1. The third-order valence-electron chi connectivity index (χ3n) is 10.6. The molecule has 3 N–H and O–H groups in total. The van der Waals surface area contributed by atoms with Gasteiger partial charge < -0.3 is 15.1 Å². The number of fused-ring (bicyclic) bond motifs is 20. The number of nitrogens with one attached hydrogen (secondary N) is 2. The van der Waals surface area contributed by atoms with E-state index < -0.39 is 5.97 Å². The Morgan fingerprint density at radius 2 is 1.00 bits per heavy atom. The molecule has 0 amide bonds. The van der Waals surface area contributed by atoms with E-state index in [0.717, 1.165) is 43.8 Å². The highest BCUT2D eigenvalue weighted by Gasteiger charge is 2.27. The number of carboxylic acid groups (broad SMARTS) is 1. The minimum atomic E-state index is -1.04. The lowest BCUT2D eigenvalue weighted by Crippen LogP contribution is -2.11. The van der Waals surface area contributed by atoms with Crippen LogP contribution in [0.1, 0.15) is 89.4 Å². The van der Waals surface area contributed by atoms with Crippen LogP contribution in [0.4, 0.5) is 0 Å². The number of H-pyrrole nitrogens is 2. The molecule has 0 aliphatic carbocycles. The third-order valence-corrected chi connectivity index (χ3v) is 10.6. The Kier molecular flexibility index (Phi) is 7.27. The first-order valence-electron chi connectivity index (χ1n) is 18.6. The second-order valence-electron chi connectivity index (χ2n) is 17.7. The summed E-state index contributed by atoms with van der Waals surface area (Å²) in [5, 5.41) is 13.6. The maximum atomic E-state index is 12.2. The molecule has 8 bridgehead atoms. The highest BCUT2D eigenvalue weighted by molar-refractivity contribution is 6.08. The van der Waals surface area contributed by atoms with Crippen LogP contribution in [0, 0.1) is 0 Å². The minimum Gasteiger partial charge on any atom is -0.478 e. The van der Waals surface area contributed by atoms with Crippen LogP contribution in [0.25, 0.3) is 89.7 Å². The fourth-order valence-electron chi connectivity index (χ4n) is 7.53. The summed E-state index contributed by atoms with van der Waals surface area (Å²) >= 11 is 0. The zero-order valence-corrected chi connectivity index (χ0v) is 32.5. The minimum absolute atomic E-state index is 0.100. The van der Waals surface area contributed by atoms with Crippen molar-refractivity contribution in [2.75, 3.05) is 0 Å². The van der Waals surface area contributed by atoms with Crippen molar-refractivity contribution in [2.45, 2.75) is 78.6 Å². The first kappa shape index (κ1) is 34.5. The van der Waals surface area contributed by atoms with E-state index >= 15 is 0 Å². The fraction of sp³-hybridized carbons (Fsp3) is 0.267. The highest BCUT2D eigenvalue weighted by Crippen LogP contribution is 2.41. The van der Waals surface area contributed by atoms with Crippen LogP contribution in [-0.2, 0) is 16.2 Å². The summed E-state index contributed by atoms with van der Waals surface area (Å²) in [6.45, 7) is 19.7. The number of benzene rings is 4. The van der Waals surface area contributed by atoms with Crippen molar-refractivity contribution < 1.29 is 9.90 Å². The van der Waals surface area contributed by atoms with Crippen LogP contribution in [0.5, 0.6) is 0 Å². The first-order chi connectivity index (χ1) is 25.9. The van der Waals surface area contributed by atoms with Gasteiger partial charge in [-0.05, 0) is 63.3 Å². The topological polar surface area (TPSA) is 146 Å². The lowest BCUT2D eigenvalue weighted by atomic mass is 9.84. The molecule has 4 aromatic carbocycles. The van der Waals surface area contributed by atoms with Gasteiger partial charge in [-0.3, -0.25) is 0 Å². The molecule has 9 rings (SSSR count). The molecule has 0 unspecified atom stereocenters. The highest BCUT2D eigenvalue weighted by atomic mass is 16.4. The Labute approximate surface area is 318 Å². The first-order valence-corrected chi connectivity index (χ1v) is 18.6. The number of aromatic nitrogens is 8. The lowest BCUT2D eigenvalue weighted by molar-refractivity contribution is 0.0697. The van der Waals surface area contributed by atoms with E-state index in [1.807, 2.05) is 12.1 Å². The number of carboxylic acids is 1. The smallest absolute Gasteiger partial charge is 0.335 e. The molecular formula is C45H42N8O2. The molecule has 7 aromatic rings. The standard InChI is InChI=1S/C45H42N8O2/c1-43(2,3)23-14-17-26-30(20-23)39-47-34-25-16-13-22(42(54)55)19-29(25)38(46-34)51-37-28-11-10-12-32(45(7,8)9)33(28)41(53-37)52-36-27-18-15-24(44(4,5)6)21-31(27)40(50-36)49-35(26)48-39/h10-21H,1-9H3,(H,54,55)(H2,46,47,48,49,50,51,52,53). The van der Waals surface area contributed by atoms with Crippen molar-refractivity contribution in [1.29, 1.82) is 0 Å². The molecule has 5 heterocycles. The number of hydrogen-bond donors (Lipinski definition) is 3. The summed E-state index contributed by atoms with van der Waals surface area (Å²) in [6, 6.07) is 23.9. The van der Waals surface area contributed by atoms with E-state index in [2.05, 4.69) is 115 Å². The van der Waals surface area contributed by atoms with Gasteiger partial charge in [0.15, 0.2) is 23.3 Å². The summed E-state index contributed by atoms with van der Waals surface area (Å²) in [7, 11) is 0. The molecule has 2 aliphatic heterocycles. The van der Waals surface area contributed by atoms with Crippen LogP contribution >= 0.6 is 0 Å². The Morgan fingerprint density at radius 1 is 0.491 bits per heavy atom. The van der Waals surface area contributed by atoms with Crippen LogP contribution in [0.2, 0.25) is 0 Å². The van der Waals surface area contributed by atoms with Crippen molar-refractivity contribution >= 4 is 50.1 Å². The van der Waals surface area contributed by atoms with E-state index in [4.69, 9.17) is 29.9 Å². The maximum absolute atomic E-state index is 12.2. The van der Waals surface area contributed by atoms with Gasteiger partial charge in [0.05, 0.1) is 5.56 Å². The molecule has 0 saturated carbocycles. The molecule has 55 heavy (non-hydrogen) atoms. The molecular weight excluding hydrogens is 685 g/mol. The van der Waals surface area contributed by atoms with Gasteiger partial charge in [0.2, 0.25) is 0 Å². The molecule has 2 aliphatic rings. The average molecular weight is 727 g/mol. The van der Waals surface area contributed by atoms with Gasteiger partial charge in [0.25, 0.3) is 0 Å². The van der Waals surface area contributed by atoms with Crippen molar-refractivity contribution in [3.8, 4) is 45.6 Å². The summed E-state index contributed by atoms with van der Waals surface area (Å²) in [5.41, 5.74) is 8.52. The predicted octanol–water partition coefficient (Wildman–Crippen LogP) is 10.5. The van der Waals surface area contributed by atoms with Crippen molar-refractivity contribution in [3.05, 3.63) is 95.1 Å². The molecule has 10 nitrogen and oxygen atoms in total. The lowest BCUT2D eigenvalue weighted by Gasteiger charge is -2.20. The molecule has 0 radical (unpaired) electrons. The van der Waals surface area contributed by atoms with Crippen LogP contribution in [0.3, 0.4) is 0 Å². The van der Waals surface area contributed by atoms with Crippen LogP contribution < -0.4 is 0 Å². The van der Waals surface area contributed by atoms with Gasteiger partial charge in [0, 0.05) is 43.8 Å². The Hall–Kier alpha value is -6.29. The molecule has 0 spiro atoms. The Morgan fingerprint density at radius 3 is 1.62 bits per heavy atom. The summed E-state index contributed by atoms with van der Waals surface area (Å²) in [6.07, 6.45) is 0. The largest absolute Gasteiger partial charge is 0.478 e. The fourth-order valence-corrected chi connectivity index (χ4v) is 7.53. The zero-order valence-electron chi connectivity index (χ0n) is 32.5. The van der Waals surface area contributed by atoms with E-state index in [1.54, 1.807) is 18.2 Å². The number of hydrogen-bond acceptors (Lipinski definition) is 7. The molecule has 0 saturated heterocycles. The van der Waals surface area contributed by atoms with Crippen LogP contribution in [0.15, 0.2) is 72.8 Å². The molecule has 3 aromatic heterocycles. The van der Waals surface area contributed by atoms with E-state index in [-0.39, 0.29) is 21.8 Å². The molecule has 274 valence electrons. The monoisotopic (exact) mass is 726 g/mol. The van der Waals surface area contributed by atoms with Crippen LogP contribution in [-0.4, -0.2) is 50.9 Å². The number of rotatable bonds is 1. The molecule has 10 heteroatoms. The summed E-state index contributed by atoms with van der Waals surface area (Å²) in [4.78, 5) is 50.2. The van der Waals surface area contributed by atoms with E-state index in [9.17, 15) is 9.90 Å². The zero-order chi connectivity index (χ0) is 38.8. The van der Waals surface area contributed by atoms with Gasteiger partial charge >= 0.3 is 5.97 Å². The average Bonchev–Trinajstić information content (AvgIpc) is 3.85. The normalized spacial score (nSPS) is 13.0. The number of nitrogens with zero attached hydrogens (tertiary/aromatic N) is 6. The van der Waals surface area contributed by atoms with Gasteiger partial charge in [-0.2, -0.15) is 0 Å². The Balaban J connectivity index is 1.49. The predicted molar refractivity (Wildman–Crippen MR) is 219 cm³/mol. The van der Waals surface area contributed by atoms with E-state index in [0.29, 0.717) is 57.0 Å². The second-order valence-corrected chi connectivity index (χ2v) is 17.7. The number of carbonyl (C=O) groups is 1. The van der Waals surface area contributed by atoms with Gasteiger partial charge in [-0.1, -0.05) is 105 Å².